The third kappa shape index (κ3) is 4.44. The summed E-state index contributed by atoms with van der Waals surface area (Å²) in [5, 5.41) is 9.25. The maximum absolute atomic E-state index is 11.8. The SMILES string of the molecule is COCC1CN(c2ccc(CCC[C@@H](C)O)cc2)C(=O)O1. The zero-order valence-electron chi connectivity index (χ0n) is 12.6. The van der Waals surface area contributed by atoms with Gasteiger partial charge in [-0.25, -0.2) is 4.79 Å². The molecule has 1 unspecified atom stereocenters. The van der Waals surface area contributed by atoms with Gasteiger partial charge in [0.1, 0.15) is 6.10 Å². The van der Waals surface area contributed by atoms with Crippen molar-refractivity contribution in [2.75, 3.05) is 25.2 Å². The molecule has 21 heavy (non-hydrogen) atoms. The van der Waals surface area contributed by atoms with Gasteiger partial charge >= 0.3 is 6.09 Å². The van der Waals surface area contributed by atoms with Crippen LogP contribution in [0.5, 0.6) is 0 Å². The first-order valence-corrected chi connectivity index (χ1v) is 7.34. The molecule has 2 atom stereocenters. The van der Waals surface area contributed by atoms with Gasteiger partial charge in [0.25, 0.3) is 0 Å². The normalized spacial score (nSPS) is 19.7. The van der Waals surface area contributed by atoms with E-state index in [1.54, 1.807) is 18.9 Å². The Labute approximate surface area is 125 Å². The van der Waals surface area contributed by atoms with Crippen LogP contribution in [-0.2, 0) is 15.9 Å². The molecule has 1 aromatic rings. The van der Waals surface area contributed by atoms with Gasteiger partial charge in [-0.15, -0.1) is 0 Å². The van der Waals surface area contributed by atoms with Crippen LogP contribution < -0.4 is 4.90 Å². The minimum absolute atomic E-state index is 0.201. The van der Waals surface area contributed by atoms with Crippen molar-refractivity contribution in [2.45, 2.75) is 38.4 Å². The van der Waals surface area contributed by atoms with E-state index in [0.29, 0.717) is 13.2 Å². The van der Waals surface area contributed by atoms with Gasteiger partial charge in [0.2, 0.25) is 0 Å². The van der Waals surface area contributed by atoms with Crippen molar-refractivity contribution in [3.05, 3.63) is 29.8 Å². The number of cyclic esters (lactones) is 1. The molecule has 1 aliphatic rings. The summed E-state index contributed by atoms with van der Waals surface area (Å²) in [6, 6.07) is 7.92. The summed E-state index contributed by atoms with van der Waals surface area (Å²) >= 11 is 0. The van der Waals surface area contributed by atoms with E-state index in [9.17, 15) is 9.90 Å². The highest BCUT2D eigenvalue weighted by Gasteiger charge is 2.32. The van der Waals surface area contributed by atoms with Gasteiger partial charge in [0, 0.05) is 12.8 Å². The average Bonchev–Trinajstić information content (AvgIpc) is 2.80. The van der Waals surface area contributed by atoms with E-state index in [1.165, 1.54) is 5.56 Å². The Kier molecular flexibility index (Phi) is 5.59. The highest BCUT2D eigenvalue weighted by Crippen LogP contribution is 2.22. The van der Waals surface area contributed by atoms with Gasteiger partial charge in [-0.3, -0.25) is 4.90 Å². The molecule has 1 aromatic carbocycles. The molecule has 1 amide bonds. The molecular weight excluding hydrogens is 270 g/mol. The minimum atomic E-state index is -0.320. The topological polar surface area (TPSA) is 59.0 Å². The molecule has 1 N–H and O–H groups in total. The first-order chi connectivity index (χ1) is 10.1. The number of carbonyl (C=O) groups excluding carboxylic acids is 1. The van der Waals surface area contributed by atoms with Gasteiger partial charge in [-0.2, -0.15) is 0 Å². The Morgan fingerprint density at radius 2 is 2.14 bits per heavy atom. The van der Waals surface area contributed by atoms with Crippen molar-refractivity contribution >= 4 is 11.8 Å². The second-order valence-electron chi connectivity index (χ2n) is 5.48. The lowest BCUT2D eigenvalue weighted by atomic mass is 10.1. The molecular formula is C16H23NO4. The third-order valence-corrected chi connectivity index (χ3v) is 3.56. The number of aliphatic hydroxyl groups is 1. The second-order valence-corrected chi connectivity index (χ2v) is 5.48. The maximum atomic E-state index is 11.8. The number of ether oxygens (including phenoxy) is 2. The fraction of sp³-hybridized carbons (Fsp3) is 0.562. The molecule has 1 saturated heterocycles. The Balaban J connectivity index is 1.91. The first-order valence-electron chi connectivity index (χ1n) is 7.34. The van der Waals surface area contributed by atoms with Crippen molar-refractivity contribution in [1.29, 1.82) is 0 Å². The smallest absolute Gasteiger partial charge is 0.414 e. The number of aryl methyl sites for hydroxylation is 1. The highest BCUT2D eigenvalue weighted by atomic mass is 16.6. The number of carbonyl (C=O) groups is 1. The molecule has 116 valence electrons. The van der Waals surface area contributed by atoms with Gasteiger partial charge in [0.15, 0.2) is 0 Å². The van der Waals surface area contributed by atoms with Crippen LogP contribution in [0.2, 0.25) is 0 Å². The number of anilines is 1. The number of nitrogens with zero attached hydrogens (tertiary/aromatic N) is 1. The number of aliphatic hydroxyl groups excluding tert-OH is 1. The van der Waals surface area contributed by atoms with Gasteiger partial charge < -0.3 is 14.6 Å². The molecule has 1 aliphatic heterocycles. The quantitative estimate of drug-likeness (QED) is 0.838. The van der Waals surface area contributed by atoms with Crippen LogP contribution in [0.4, 0.5) is 10.5 Å². The van der Waals surface area contributed by atoms with Crippen molar-refractivity contribution in [3.8, 4) is 0 Å². The van der Waals surface area contributed by atoms with Crippen LogP contribution in [0.1, 0.15) is 25.3 Å². The predicted octanol–water partition coefficient (Wildman–Crippen LogP) is 2.36. The van der Waals surface area contributed by atoms with Crippen LogP contribution >= 0.6 is 0 Å². The molecule has 0 bridgehead atoms. The van der Waals surface area contributed by atoms with Crippen LogP contribution in [0, 0.1) is 0 Å². The Bertz CT molecular complexity index is 458. The molecule has 0 aromatic heterocycles. The molecule has 0 aliphatic carbocycles. The molecule has 5 nitrogen and oxygen atoms in total. The summed E-state index contributed by atoms with van der Waals surface area (Å²) in [5.74, 6) is 0. The maximum Gasteiger partial charge on any atom is 0.414 e. The zero-order valence-corrected chi connectivity index (χ0v) is 12.6. The van der Waals surface area contributed by atoms with E-state index >= 15 is 0 Å². The van der Waals surface area contributed by atoms with Gasteiger partial charge in [-0.1, -0.05) is 12.1 Å². The largest absolute Gasteiger partial charge is 0.441 e. The van der Waals surface area contributed by atoms with E-state index in [2.05, 4.69) is 0 Å². The van der Waals surface area contributed by atoms with Crippen molar-refractivity contribution in [1.82, 2.24) is 0 Å². The van der Waals surface area contributed by atoms with Crippen LogP contribution in [0.15, 0.2) is 24.3 Å². The first kappa shape index (κ1) is 15.8. The standard InChI is InChI=1S/C16H23NO4/c1-12(18)4-3-5-13-6-8-14(9-7-13)17-10-15(11-20-2)21-16(17)19/h6-9,12,15,18H,3-5,10-11H2,1-2H3/t12-,15?/m1/s1. The summed E-state index contributed by atoms with van der Waals surface area (Å²) in [5.41, 5.74) is 2.05. The number of amides is 1. The fourth-order valence-electron chi connectivity index (χ4n) is 2.45. The molecule has 0 spiro atoms. The van der Waals surface area contributed by atoms with Gasteiger partial charge in [-0.05, 0) is 43.9 Å². The van der Waals surface area contributed by atoms with E-state index in [0.717, 1.165) is 24.9 Å². The fourth-order valence-corrected chi connectivity index (χ4v) is 2.45. The summed E-state index contributed by atoms with van der Waals surface area (Å²) in [7, 11) is 1.60. The van der Waals surface area contributed by atoms with Crippen LogP contribution in [0.3, 0.4) is 0 Å². The molecule has 1 fully saturated rings. The average molecular weight is 293 g/mol. The van der Waals surface area contributed by atoms with E-state index < -0.39 is 0 Å². The number of benzene rings is 1. The summed E-state index contributed by atoms with van der Waals surface area (Å²) in [6.45, 7) is 2.74. The van der Waals surface area contributed by atoms with Crippen molar-refractivity contribution in [3.63, 3.8) is 0 Å². The Hall–Kier alpha value is -1.59. The summed E-state index contributed by atoms with van der Waals surface area (Å²) in [4.78, 5) is 13.4. The number of methoxy groups -OCH3 is 1. The lowest BCUT2D eigenvalue weighted by Gasteiger charge is -2.13. The lowest BCUT2D eigenvalue weighted by molar-refractivity contribution is 0.0718. The molecule has 0 saturated carbocycles. The molecule has 1 heterocycles. The predicted molar refractivity (Wildman–Crippen MR) is 80.6 cm³/mol. The lowest BCUT2D eigenvalue weighted by Crippen LogP contribution is -2.25. The number of rotatable bonds is 7. The monoisotopic (exact) mass is 293 g/mol. The Morgan fingerprint density at radius 1 is 1.43 bits per heavy atom. The zero-order chi connectivity index (χ0) is 15.2. The minimum Gasteiger partial charge on any atom is -0.441 e. The molecule has 5 heteroatoms. The van der Waals surface area contributed by atoms with Crippen LogP contribution in [0.25, 0.3) is 0 Å². The summed E-state index contributed by atoms with van der Waals surface area (Å²) < 4.78 is 10.2. The number of hydrogen-bond acceptors (Lipinski definition) is 4. The van der Waals surface area contributed by atoms with E-state index in [1.807, 2.05) is 24.3 Å². The Morgan fingerprint density at radius 3 is 2.76 bits per heavy atom. The van der Waals surface area contributed by atoms with E-state index in [4.69, 9.17) is 9.47 Å². The van der Waals surface area contributed by atoms with Crippen LogP contribution in [-0.4, -0.2) is 43.7 Å². The summed E-state index contributed by atoms with van der Waals surface area (Å²) in [6.07, 6.45) is 1.92. The highest BCUT2D eigenvalue weighted by molar-refractivity contribution is 5.89. The molecule has 2 rings (SSSR count). The van der Waals surface area contributed by atoms with Gasteiger partial charge in [0.05, 0.1) is 19.3 Å². The van der Waals surface area contributed by atoms with E-state index in [-0.39, 0.29) is 18.3 Å². The van der Waals surface area contributed by atoms with Crippen molar-refractivity contribution < 1.29 is 19.4 Å². The third-order valence-electron chi connectivity index (χ3n) is 3.56. The second kappa shape index (κ2) is 7.43. The number of hydrogen-bond donors (Lipinski definition) is 1. The van der Waals surface area contributed by atoms with Crippen molar-refractivity contribution in [2.24, 2.45) is 0 Å². The molecule has 0 radical (unpaired) electrons.